The molecule has 1 N–H and O–H groups in total. The van der Waals surface area contributed by atoms with Crippen molar-refractivity contribution in [1.29, 1.82) is 0 Å². The summed E-state index contributed by atoms with van der Waals surface area (Å²) < 4.78 is 5.61. The molecule has 1 aliphatic rings. The first-order valence-electron chi connectivity index (χ1n) is 9.17. The average Bonchev–Trinajstić information content (AvgIpc) is 3.26. The van der Waals surface area contributed by atoms with Gasteiger partial charge in [-0.15, -0.1) is 11.3 Å². The van der Waals surface area contributed by atoms with Crippen LogP contribution in [0.2, 0.25) is 5.02 Å². The lowest BCUT2D eigenvalue weighted by Crippen LogP contribution is -2.36. The van der Waals surface area contributed by atoms with Gasteiger partial charge in [0, 0.05) is 36.6 Å². The van der Waals surface area contributed by atoms with Crippen LogP contribution in [-0.4, -0.2) is 21.4 Å². The number of rotatable bonds is 3. The topological polar surface area (TPSA) is 79.2 Å². The van der Waals surface area contributed by atoms with Crippen molar-refractivity contribution in [3.8, 4) is 10.7 Å². The van der Waals surface area contributed by atoms with E-state index in [0.717, 1.165) is 10.6 Å². The Balaban J connectivity index is 1.43. The van der Waals surface area contributed by atoms with E-state index in [-0.39, 0.29) is 11.0 Å². The molecule has 8 heteroatoms. The second kappa shape index (κ2) is 7.26. The molecule has 146 valence electrons. The third-order valence-electron chi connectivity index (χ3n) is 5.10. The second-order valence-electron chi connectivity index (χ2n) is 7.01. The van der Waals surface area contributed by atoms with Gasteiger partial charge in [-0.05, 0) is 29.6 Å². The lowest BCUT2D eigenvalue weighted by atomic mass is 10.1. The largest absolute Gasteiger partial charge is 0.464 e. The first kappa shape index (κ1) is 18.3. The molecule has 3 aromatic heterocycles. The summed E-state index contributed by atoms with van der Waals surface area (Å²) in [6.45, 7) is 1.55. The van der Waals surface area contributed by atoms with E-state index in [1.165, 1.54) is 6.26 Å². The number of H-pyrrole nitrogens is 1. The van der Waals surface area contributed by atoms with Crippen molar-refractivity contribution in [1.82, 2.24) is 14.9 Å². The van der Waals surface area contributed by atoms with Gasteiger partial charge in [-0.25, -0.2) is 4.98 Å². The van der Waals surface area contributed by atoms with Crippen molar-refractivity contribution in [3.05, 3.63) is 84.4 Å². The molecule has 4 heterocycles. The lowest BCUT2D eigenvalue weighted by Gasteiger charge is -2.27. The summed E-state index contributed by atoms with van der Waals surface area (Å²) in [5.74, 6) is 0.615. The molecule has 0 bridgehead atoms. The van der Waals surface area contributed by atoms with Crippen molar-refractivity contribution in [2.45, 2.75) is 19.5 Å². The third-order valence-corrected chi connectivity index (χ3v) is 6.21. The minimum absolute atomic E-state index is 0.0976. The SMILES string of the molecule is O=c1[nH]c(-c2cccs2)nc2c1CN(Cc1coc3ccc(Cl)cc3c1=O)CC2. The minimum atomic E-state index is -0.125. The van der Waals surface area contributed by atoms with Crippen LogP contribution in [0.5, 0.6) is 0 Å². The Morgan fingerprint density at radius 3 is 3.00 bits per heavy atom. The van der Waals surface area contributed by atoms with Gasteiger partial charge in [-0.2, -0.15) is 0 Å². The standard InChI is InChI=1S/C21H16ClN3O3S/c22-13-3-4-17-14(8-13)19(26)12(11-28-17)9-25-6-5-16-15(10-25)21(27)24-20(23-16)18-2-1-7-29-18/h1-4,7-8,11H,5-6,9-10H2,(H,23,24,27). The lowest BCUT2D eigenvalue weighted by molar-refractivity contribution is 0.239. The molecule has 5 rings (SSSR count). The molecule has 0 saturated carbocycles. The molecular weight excluding hydrogens is 410 g/mol. The molecule has 0 radical (unpaired) electrons. The van der Waals surface area contributed by atoms with Crippen molar-refractivity contribution < 1.29 is 4.42 Å². The fourth-order valence-electron chi connectivity index (χ4n) is 3.64. The monoisotopic (exact) mass is 425 g/mol. The molecule has 0 fully saturated rings. The van der Waals surface area contributed by atoms with Gasteiger partial charge in [-0.3, -0.25) is 14.5 Å². The van der Waals surface area contributed by atoms with E-state index >= 15 is 0 Å². The molecule has 0 atom stereocenters. The zero-order valence-corrected chi connectivity index (χ0v) is 16.8. The van der Waals surface area contributed by atoms with Gasteiger partial charge in [0.15, 0.2) is 11.3 Å². The normalized spacial score (nSPS) is 14.2. The van der Waals surface area contributed by atoms with Crippen LogP contribution in [0, 0.1) is 0 Å². The van der Waals surface area contributed by atoms with Crippen LogP contribution in [-0.2, 0) is 19.5 Å². The molecule has 6 nitrogen and oxygen atoms in total. The molecule has 0 aliphatic carbocycles. The van der Waals surface area contributed by atoms with E-state index in [2.05, 4.69) is 14.9 Å². The maximum atomic E-state index is 12.8. The number of nitrogens with one attached hydrogen (secondary N) is 1. The van der Waals surface area contributed by atoms with Crippen LogP contribution in [0.4, 0.5) is 0 Å². The number of nitrogens with zero attached hydrogens (tertiary/aromatic N) is 2. The van der Waals surface area contributed by atoms with Gasteiger partial charge < -0.3 is 9.40 Å². The number of halogens is 1. The van der Waals surface area contributed by atoms with E-state index in [9.17, 15) is 9.59 Å². The highest BCUT2D eigenvalue weighted by atomic mass is 35.5. The van der Waals surface area contributed by atoms with Gasteiger partial charge in [0.05, 0.1) is 27.8 Å². The van der Waals surface area contributed by atoms with Gasteiger partial charge >= 0.3 is 0 Å². The van der Waals surface area contributed by atoms with Crippen molar-refractivity contribution in [3.63, 3.8) is 0 Å². The number of aromatic nitrogens is 2. The number of thiophene rings is 1. The first-order valence-corrected chi connectivity index (χ1v) is 10.4. The maximum absolute atomic E-state index is 12.8. The Morgan fingerprint density at radius 1 is 1.28 bits per heavy atom. The molecule has 0 saturated heterocycles. The van der Waals surface area contributed by atoms with Gasteiger partial charge in [0.25, 0.3) is 5.56 Å². The number of aromatic amines is 1. The molecule has 4 aromatic rings. The van der Waals surface area contributed by atoms with Crippen LogP contribution in [0.1, 0.15) is 16.8 Å². The van der Waals surface area contributed by atoms with Crippen molar-refractivity contribution in [2.24, 2.45) is 0 Å². The van der Waals surface area contributed by atoms with Gasteiger partial charge in [0.2, 0.25) is 0 Å². The summed E-state index contributed by atoms with van der Waals surface area (Å²) >= 11 is 7.57. The highest BCUT2D eigenvalue weighted by Gasteiger charge is 2.23. The summed E-state index contributed by atoms with van der Waals surface area (Å²) in [7, 11) is 0. The number of hydrogen-bond donors (Lipinski definition) is 1. The Bertz CT molecular complexity index is 1330. The van der Waals surface area contributed by atoms with E-state index < -0.39 is 0 Å². The molecular formula is C21H16ClN3O3S. The Hall–Kier alpha value is -2.74. The predicted octanol–water partition coefficient (Wildman–Crippen LogP) is 3.82. The number of benzene rings is 1. The van der Waals surface area contributed by atoms with Crippen LogP contribution >= 0.6 is 22.9 Å². The third kappa shape index (κ3) is 3.42. The average molecular weight is 426 g/mol. The summed E-state index contributed by atoms with van der Waals surface area (Å²) in [5.41, 5.74) is 2.31. The van der Waals surface area contributed by atoms with Crippen LogP contribution in [0.3, 0.4) is 0 Å². The highest BCUT2D eigenvalue weighted by molar-refractivity contribution is 7.13. The summed E-state index contributed by atoms with van der Waals surface area (Å²) in [6.07, 6.45) is 2.15. The Labute approximate surface area is 174 Å². The van der Waals surface area contributed by atoms with E-state index in [0.29, 0.717) is 59.0 Å². The second-order valence-corrected chi connectivity index (χ2v) is 8.39. The Morgan fingerprint density at radius 2 is 2.17 bits per heavy atom. The fraction of sp³-hybridized carbons (Fsp3) is 0.190. The van der Waals surface area contributed by atoms with Crippen LogP contribution in [0.15, 0.2) is 56.0 Å². The predicted molar refractivity (Wildman–Crippen MR) is 113 cm³/mol. The molecule has 1 aromatic carbocycles. The van der Waals surface area contributed by atoms with Crippen LogP contribution in [0.25, 0.3) is 21.7 Å². The van der Waals surface area contributed by atoms with Gasteiger partial charge in [-0.1, -0.05) is 17.7 Å². The Kier molecular flexibility index (Phi) is 4.58. The van der Waals surface area contributed by atoms with Gasteiger partial charge in [0.1, 0.15) is 5.58 Å². The van der Waals surface area contributed by atoms with E-state index in [1.807, 2.05) is 17.5 Å². The smallest absolute Gasteiger partial charge is 0.255 e. The molecule has 29 heavy (non-hydrogen) atoms. The number of fused-ring (bicyclic) bond motifs is 2. The highest BCUT2D eigenvalue weighted by Crippen LogP contribution is 2.23. The fourth-order valence-corrected chi connectivity index (χ4v) is 4.48. The zero-order valence-electron chi connectivity index (χ0n) is 15.3. The minimum Gasteiger partial charge on any atom is -0.464 e. The molecule has 1 aliphatic heterocycles. The van der Waals surface area contributed by atoms with E-state index in [4.69, 9.17) is 16.0 Å². The van der Waals surface area contributed by atoms with Crippen LogP contribution < -0.4 is 11.0 Å². The summed E-state index contributed by atoms with van der Waals surface area (Å²) in [6, 6.07) is 8.88. The molecule has 0 unspecified atom stereocenters. The maximum Gasteiger partial charge on any atom is 0.255 e. The quantitative estimate of drug-likeness (QED) is 0.539. The first-order chi connectivity index (χ1) is 14.1. The summed E-state index contributed by atoms with van der Waals surface area (Å²) in [5, 5.41) is 2.92. The van der Waals surface area contributed by atoms with Crippen molar-refractivity contribution in [2.75, 3.05) is 6.54 Å². The molecule has 0 amide bonds. The molecule has 0 spiro atoms. The number of hydrogen-bond acceptors (Lipinski definition) is 6. The van der Waals surface area contributed by atoms with Crippen molar-refractivity contribution >= 4 is 33.9 Å². The summed E-state index contributed by atoms with van der Waals surface area (Å²) in [4.78, 5) is 36.0. The zero-order chi connectivity index (χ0) is 20.0. The van der Waals surface area contributed by atoms with E-state index in [1.54, 1.807) is 29.5 Å².